The average Bonchev–Trinajstić information content (AvgIpc) is 2.76. The lowest BCUT2D eigenvalue weighted by Gasteiger charge is -2.16. The molecular formula is C22H26Cl2N4O5. The van der Waals surface area contributed by atoms with Gasteiger partial charge in [-0.2, -0.15) is 0 Å². The van der Waals surface area contributed by atoms with Gasteiger partial charge >= 0.3 is 5.97 Å². The van der Waals surface area contributed by atoms with E-state index in [9.17, 15) is 14.7 Å². The van der Waals surface area contributed by atoms with Crippen molar-refractivity contribution in [2.45, 2.75) is 25.3 Å². The Kier molecular flexibility index (Phi) is 10.1. The first-order chi connectivity index (χ1) is 15.7. The molecule has 6 N–H and O–H groups in total. The van der Waals surface area contributed by atoms with Crippen LogP contribution in [0.5, 0.6) is 11.5 Å². The maximum atomic E-state index is 12.7. The quantitative estimate of drug-likeness (QED) is 0.200. The number of carbonyl (C=O) groups is 2. The third-order valence-electron chi connectivity index (χ3n) is 4.62. The molecule has 0 aromatic heterocycles. The summed E-state index contributed by atoms with van der Waals surface area (Å²) in [6.07, 6.45) is 1.06. The highest BCUT2D eigenvalue weighted by molar-refractivity contribution is 6.35. The lowest BCUT2D eigenvalue weighted by atomic mass is 10.1. The molecule has 1 amide bonds. The minimum Gasteiger partial charge on any atom is -0.493 e. The largest absolute Gasteiger partial charge is 0.493 e. The molecule has 2 aromatic carbocycles. The summed E-state index contributed by atoms with van der Waals surface area (Å²) in [5.74, 6) is -1.01. The number of ether oxygens (including phenoxy) is 2. The fraction of sp³-hybridized carbons (Fsp3) is 0.318. The minimum atomic E-state index is -1.15. The predicted molar refractivity (Wildman–Crippen MR) is 127 cm³/mol. The van der Waals surface area contributed by atoms with E-state index in [1.807, 2.05) is 6.07 Å². The van der Waals surface area contributed by atoms with E-state index in [4.69, 9.17) is 44.1 Å². The van der Waals surface area contributed by atoms with E-state index in [0.717, 1.165) is 5.56 Å². The van der Waals surface area contributed by atoms with E-state index in [1.54, 1.807) is 18.2 Å². The van der Waals surface area contributed by atoms with Gasteiger partial charge in [-0.1, -0.05) is 29.3 Å². The van der Waals surface area contributed by atoms with Gasteiger partial charge in [-0.25, -0.2) is 4.79 Å². The predicted octanol–water partition coefficient (Wildman–Crippen LogP) is 2.86. The van der Waals surface area contributed by atoms with Crippen molar-refractivity contribution in [1.82, 2.24) is 5.32 Å². The van der Waals surface area contributed by atoms with Crippen LogP contribution in [0.2, 0.25) is 10.0 Å². The van der Waals surface area contributed by atoms with Gasteiger partial charge in [0.15, 0.2) is 17.5 Å². The number of carboxylic acids is 1. The Morgan fingerprint density at radius 1 is 1.15 bits per heavy atom. The summed E-state index contributed by atoms with van der Waals surface area (Å²) in [5, 5.41) is 13.0. The van der Waals surface area contributed by atoms with Crippen LogP contribution in [0.3, 0.4) is 0 Å². The first kappa shape index (κ1) is 26.1. The lowest BCUT2D eigenvalue weighted by molar-refractivity contribution is -0.139. The molecule has 0 radical (unpaired) electrons. The standard InChI is InChI=1S/C22H26Cl2N4O5/c1-32-18-7-5-14(20(29)28-17(21(30)31)3-2-9-27-22(25)26)11-19(18)33-10-8-13-4-6-15(23)12-16(13)24/h4-7,11-12,17H,2-3,8-10H2,1H3,(H,28,29)(H,30,31)(H4,25,26,27)/t17-/m0/s1. The Hall–Kier alpha value is -3.17. The summed E-state index contributed by atoms with van der Waals surface area (Å²) >= 11 is 12.1. The fourth-order valence-electron chi connectivity index (χ4n) is 2.93. The molecule has 33 heavy (non-hydrogen) atoms. The number of carboxylic acid groups (broad SMARTS) is 1. The molecule has 0 spiro atoms. The first-order valence-electron chi connectivity index (χ1n) is 10.0. The highest BCUT2D eigenvalue weighted by Crippen LogP contribution is 2.29. The number of aliphatic imine (C=N–C) groups is 1. The van der Waals surface area contributed by atoms with Crippen LogP contribution in [0.1, 0.15) is 28.8 Å². The molecule has 0 fully saturated rings. The number of nitrogens with one attached hydrogen (secondary N) is 1. The van der Waals surface area contributed by atoms with E-state index >= 15 is 0 Å². The van der Waals surface area contributed by atoms with E-state index in [0.29, 0.717) is 34.4 Å². The summed E-state index contributed by atoms with van der Waals surface area (Å²) in [7, 11) is 1.48. The Morgan fingerprint density at radius 2 is 1.91 bits per heavy atom. The molecule has 0 aliphatic heterocycles. The number of halogens is 2. The molecule has 0 saturated heterocycles. The number of carbonyl (C=O) groups excluding carboxylic acids is 1. The number of rotatable bonds is 12. The zero-order valence-electron chi connectivity index (χ0n) is 18.0. The number of nitrogens with two attached hydrogens (primary N) is 2. The molecule has 9 nitrogen and oxygen atoms in total. The number of hydrogen-bond acceptors (Lipinski definition) is 5. The Bertz CT molecular complexity index is 1010. The smallest absolute Gasteiger partial charge is 0.326 e. The Morgan fingerprint density at radius 3 is 2.55 bits per heavy atom. The van der Waals surface area contributed by atoms with Gasteiger partial charge in [0.2, 0.25) is 0 Å². The van der Waals surface area contributed by atoms with Crippen molar-refractivity contribution in [1.29, 1.82) is 0 Å². The summed E-state index contributed by atoms with van der Waals surface area (Å²) in [6.45, 7) is 0.533. The average molecular weight is 497 g/mol. The molecule has 1 atom stereocenters. The molecular weight excluding hydrogens is 471 g/mol. The zero-order chi connectivity index (χ0) is 24.4. The second kappa shape index (κ2) is 12.8. The molecule has 0 bridgehead atoms. The summed E-state index contributed by atoms with van der Waals surface area (Å²) in [6, 6.07) is 8.71. The molecule has 11 heteroatoms. The SMILES string of the molecule is COc1ccc(C(=O)N[C@@H](CCCN=C(N)N)C(=O)O)cc1OCCc1ccc(Cl)cc1Cl. The maximum Gasteiger partial charge on any atom is 0.326 e. The minimum absolute atomic E-state index is 0.0741. The van der Waals surface area contributed by atoms with Crippen molar-refractivity contribution in [3.63, 3.8) is 0 Å². The van der Waals surface area contributed by atoms with Crippen LogP contribution in [-0.2, 0) is 11.2 Å². The van der Waals surface area contributed by atoms with Crippen LogP contribution in [0.4, 0.5) is 0 Å². The van der Waals surface area contributed by atoms with Crippen molar-refractivity contribution >= 4 is 41.0 Å². The van der Waals surface area contributed by atoms with Gasteiger partial charge < -0.3 is 31.4 Å². The van der Waals surface area contributed by atoms with Gasteiger partial charge in [-0.05, 0) is 48.7 Å². The number of guanidine groups is 1. The van der Waals surface area contributed by atoms with Crippen LogP contribution in [0.25, 0.3) is 0 Å². The Balaban J connectivity index is 2.04. The van der Waals surface area contributed by atoms with Gasteiger partial charge in [-0.3, -0.25) is 9.79 Å². The number of benzene rings is 2. The zero-order valence-corrected chi connectivity index (χ0v) is 19.5. The molecule has 0 heterocycles. The normalized spacial score (nSPS) is 11.4. The van der Waals surface area contributed by atoms with Crippen molar-refractivity contribution in [2.24, 2.45) is 16.5 Å². The van der Waals surface area contributed by atoms with Gasteiger partial charge in [0.05, 0.1) is 13.7 Å². The molecule has 2 rings (SSSR count). The van der Waals surface area contributed by atoms with Crippen molar-refractivity contribution in [3.05, 3.63) is 57.6 Å². The van der Waals surface area contributed by atoms with Crippen molar-refractivity contribution in [3.8, 4) is 11.5 Å². The van der Waals surface area contributed by atoms with E-state index in [1.165, 1.54) is 19.2 Å². The van der Waals surface area contributed by atoms with E-state index < -0.39 is 17.9 Å². The highest BCUT2D eigenvalue weighted by Gasteiger charge is 2.21. The molecule has 0 aliphatic carbocycles. The molecule has 0 saturated carbocycles. The van der Waals surface area contributed by atoms with Crippen LogP contribution in [-0.4, -0.2) is 49.2 Å². The van der Waals surface area contributed by atoms with Crippen molar-refractivity contribution < 1.29 is 24.2 Å². The number of amides is 1. The molecule has 178 valence electrons. The molecule has 0 unspecified atom stereocenters. The van der Waals surface area contributed by atoms with Crippen LogP contribution in [0.15, 0.2) is 41.4 Å². The van der Waals surface area contributed by atoms with Crippen LogP contribution in [0, 0.1) is 0 Å². The van der Waals surface area contributed by atoms with Crippen LogP contribution < -0.4 is 26.3 Å². The topological polar surface area (TPSA) is 149 Å². The fourth-order valence-corrected chi connectivity index (χ4v) is 3.43. The van der Waals surface area contributed by atoms with Crippen molar-refractivity contribution in [2.75, 3.05) is 20.3 Å². The van der Waals surface area contributed by atoms with Gasteiger partial charge in [-0.15, -0.1) is 0 Å². The van der Waals surface area contributed by atoms with E-state index in [2.05, 4.69) is 10.3 Å². The molecule has 0 aliphatic rings. The number of methoxy groups -OCH3 is 1. The lowest BCUT2D eigenvalue weighted by Crippen LogP contribution is -2.40. The number of nitrogens with zero attached hydrogens (tertiary/aromatic N) is 1. The highest BCUT2D eigenvalue weighted by atomic mass is 35.5. The summed E-state index contributed by atoms with van der Waals surface area (Å²) < 4.78 is 11.1. The summed E-state index contributed by atoms with van der Waals surface area (Å²) in [5.41, 5.74) is 11.6. The first-order valence-corrected chi connectivity index (χ1v) is 10.8. The second-order valence-corrected chi connectivity index (χ2v) is 7.86. The van der Waals surface area contributed by atoms with E-state index in [-0.39, 0.29) is 31.1 Å². The summed E-state index contributed by atoms with van der Waals surface area (Å²) in [4.78, 5) is 28.0. The third-order valence-corrected chi connectivity index (χ3v) is 5.21. The monoisotopic (exact) mass is 496 g/mol. The number of aliphatic carboxylic acids is 1. The number of hydrogen-bond donors (Lipinski definition) is 4. The maximum absolute atomic E-state index is 12.7. The van der Waals surface area contributed by atoms with Gasteiger partial charge in [0.25, 0.3) is 5.91 Å². The van der Waals surface area contributed by atoms with Gasteiger partial charge in [0, 0.05) is 28.6 Å². The van der Waals surface area contributed by atoms with Crippen LogP contribution >= 0.6 is 23.2 Å². The molecule has 2 aromatic rings. The third kappa shape index (κ3) is 8.36. The Labute approximate surface area is 201 Å². The second-order valence-electron chi connectivity index (χ2n) is 7.01. The van der Waals surface area contributed by atoms with Gasteiger partial charge in [0.1, 0.15) is 6.04 Å².